The summed E-state index contributed by atoms with van der Waals surface area (Å²) < 4.78 is 0.307. The largest absolute Gasteiger partial charge is 0.357 e. The maximum Gasteiger partial charge on any atom is 0.191 e. The van der Waals surface area contributed by atoms with E-state index in [0.29, 0.717) is 4.75 Å². The van der Waals surface area contributed by atoms with Gasteiger partial charge >= 0.3 is 0 Å². The average molecular weight is 346 g/mol. The average Bonchev–Trinajstić information content (AvgIpc) is 3.19. The van der Waals surface area contributed by atoms with Gasteiger partial charge in [0.05, 0.1) is 17.6 Å². The van der Waals surface area contributed by atoms with E-state index in [1.54, 1.807) is 0 Å². The van der Waals surface area contributed by atoms with E-state index >= 15 is 0 Å². The Morgan fingerprint density at radius 3 is 3.00 bits per heavy atom. The molecule has 1 aliphatic heterocycles. The van der Waals surface area contributed by atoms with E-state index in [9.17, 15) is 0 Å². The number of para-hydroxylation sites is 2. The summed E-state index contributed by atoms with van der Waals surface area (Å²) in [6.45, 7) is 6.99. The number of hydrogen-bond donors (Lipinski definition) is 3. The molecule has 0 aliphatic carbocycles. The summed E-state index contributed by atoms with van der Waals surface area (Å²) in [7, 11) is 0. The highest BCUT2D eigenvalue weighted by Gasteiger charge is 2.29. The highest BCUT2D eigenvalue weighted by Crippen LogP contribution is 2.37. The second kappa shape index (κ2) is 7.92. The fourth-order valence-electron chi connectivity index (χ4n) is 2.97. The Morgan fingerprint density at radius 2 is 2.25 bits per heavy atom. The molecule has 1 atom stereocenters. The van der Waals surface area contributed by atoms with Crippen molar-refractivity contribution in [2.24, 2.45) is 4.99 Å². The molecular formula is C18H27N5S. The normalized spacial score (nSPS) is 21.3. The van der Waals surface area contributed by atoms with Crippen LogP contribution in [0.15, 0.2) is 29.3 Å². The molecule has 1 fully saturated rings. The van der Waals surface area contributed by atoms with Crippen LogP contribution in [0.25, 0.3) is 11.0 Å². The third kappa shape index (κ3) is 4.44. The Kier molecular flexibility index (Phi) is 5.66. The molecule has 6 heteroatoms. The van der Waals surface area contributed by atoms with Crippen LogP contribution in [0.4, 0.5) is 0 Å². The van der Waals surface area contributed by atoms with Crippen molar-refractivity contribution in [3.05, 3.63) is 30.1 Å². The summed E-state index contributed by atoms with van der Waals surface area (Å²) in [6, 6.07) is 8.14. The Balaban J connectivity index is 1.53. The molecule has 3 rings (SSSR count). The number of aliphatic imine (C=N–C) groups is 1. The molecule has 1 aromatic heterocycles. The minimum atomic E-state index is 0.307. The molecule has 0 radical (unpaired) electrons. The van der Waals surface area contributed by atoms with Gasteiger partial charge in [0.2, 0.25) is 0 Å². The van der Waals surface area contributed by atoms with Gasteiger partial charge in [-0.1, -0.05) is 12.1 Å². The molecule has 24 heavy (non-hydrogen) atoms. The Bertz CT molecular complexity index is 655. The molecule has 0 saturated carbocycles. The number of guanidine groups is 1. The zero-order chi connectivity index (χ0) is 16.8. The zero-order valence-electron chi connectivity index (χ0n) is 14.6. The number of thioether (sulfide) groups is 1. The molecule has 1 aromatic carbocycles. The summed E-state index contributed by atoms with van der Waals surface area (Å²) in [4.78, 5) is 12.8. The maximum atomic E-state index is 4.78. The molecule has 5 nitrogen and oxygen atoms in total. The van der Waals surface area contributed by atoms with Gasteiger partial charge in [-0.15, -0.1) is 0 Å². The minimum Gasteiger partial charge on any atom is -0.357 e. The summed E-state index contributed by atoms with van der Waals surface area (Å²) in [5.41, 5.74) is 2.12. The first-order valence-electron chi connectivity index (χ1n) is 8.78. The van der Waals surface area contributed by atoms with Gasteiger partial charge in [-0.05, 0) is 44.6 Å². The van der Waals surface area contributed by atoms with E-state index in [-0.39, 0.29) is 0 Å². The standard InChI is InChI=1S/C18H27N5S/c1-3-19-17(21-13-18(2)10-6-12-24-18)20-11-9-16-22-14-7-4-5-8-15(14)23-16/h4-5,7-8H,3,6,9-13H2,1-2H3,(H,22,23)(H2,19,20,21). The number of imidazole rings is 1. The summed E-state index contributed by atoms with van der Waals surface area (Å²) in [5, 5.41) is 6.76. The lowest BCUT2D eigenvalue weighted by molar-refractivity contribution is 0.614. The fourth-order valence-corrected chi connectivity index (χ4v) is 4.20. The lowest BCUT2D eigenvalue weighted by Crippen LogP contribution is -2.39. The van der Waals surface area contributed by atoms with Crippen LogP contribution in [0.3, 0.4) is 0 Å². The number of nitrogens with zero attached hydrogens (tertiary/aromatic N) is 2. The van der Waals surface area contributed by atoms with Crippen LogP contribution in [0.2, 0.25) is 0 Å². The molecule has 2 aromatic rings. The van der Waals surface area contributed by atoms with Crippen LogP contribution >= 0.6 is 11.8 Å². The zero-order valence-corrected chi connectivity index (χ0v) is 15.4. The first-order valence-corrected chi connectivity index (χ1v) is 9.77. The van der Waals surface area contributed by atoms with Crippen LogP contribution in [-0.2, 0) is 6.42 Å². The van der Waals surface area contributed by atoms with Crippen molar-refractivity contribution in [1.82, 2.24) is 20.6 Å². The number of aromatic nitrogens is 2. The molecule has 2 heterocycles. The molecule has 3 N–H and O–H groups in total. The summed E-state index contributed by atoms with van der Waals surface area (Å²) >= 11 is 2.05. The molecule has 1 unspecified atom stereocenters. The van der Waals surface area contributed by atoms with Crippen LogP contribution in [0.5, 0.6) is 0 Å². The van der Waals surface area contributed by atoms with Gasteiger partial charge in [-0.25, -0.2) is 4.98 Å². The maximum absolute atomic E-state index is 4.78. The second-order valence-corrected chi connectivity index (χ2v) is 8.16. The topological polar surface area (TPSA) is 65.1 Å². The van der Waals surface area contributed by atoms with E-state index in [0.717, 1.165) is 48.9 Å². The third-order valence-electron chi connectivity index (χ3n) is 4.31. The van der Waals surface area contributed by atoms with Crippen LogP contribution in [0.1, 0.15) is 32.5 Å². The van der Waals surface area contributed by atoms with Gasteiger partial charge in [-0.2, -0.15) is 11.8 Å². The third-order valence-corrected chi connectivity index (χ3v) is 5.83. The number of H-pyrrole nitrogens is 1. The van der Waals surface area contributed by atoms with Crippen molar-refractivity contribution in [2.75, 3.05) is 25.4 Å². The monoisotopic (exact) mass is 345 g/mol. The Hall–Kier alpha value is -1.69. The van der Waals surface area contributed by atoms with Crippen molar-refractivity contribution in [3.8, 4) is 0 Å². The number of rotatable bonds is 6. The Morgan fingerprint density at radius 1 is 1.38 bits per heavy atom. The fraction of sp³-hybridized carbons (Fsp3) is 0.556. The number of benzene rings is 1. The van der Waals surface area contributed by atoms with Crippen molar-refractivity contribution < 1.29 is 0 Å². The van der Waals surface area contributed by atoms with Gasteiger partial charge in [-0.3, -0.25) is 4.99 Å². The number of nitrogens with one attached hydrogen (secondary N) is 3. The van der Waals surface area contributed by atoms with Crippen molar-refractivity contribution in [3.63, 3.8) is 0 Å². The van der Waals surface area contributed by atoms with Crippen molar-refractivity contribution in [2.45, 2.75) is 37.9 Å². The van der Waals surface area contributed by atoms with E-state index in [4.69, 9.17) is 4.99 Å². The SMILES string of the molecule is CCNC(=NCC1(C)CCCS1)NCCc1nc2ccccc2[nH]1. The molecular weight excluding hydrogens is 318 g/mol. The molecule has 0 spiro atoms. The molecule has 130 valence electrons. The van der Waals surface area contributed by atoms with Crippen LogP contribution in [-0.4, -0.2) is 46.1 Å². The van der Waals surface area contributed by atoms with Crippen LogP contribution < -0.4 is 10.6 Å². The predicted molar refractivity (Wildman–Crippen MR) is 104 cm³/mol. The predicted octanol–water partition coefficient (Wildman–Crippen LogP) is 2.95. The number of aromatic amines is 1. The van der Waals surface area contributed by atoms with E-state index in [2.05, 4.69) is 52.3 Å². The van der Waals surface area contributed by atoms with Gasteiger partial charge in [0.15, 0.2) is 5.96 Å². The summed E-state index contributed by atoms with van der Waals surface area (Å²) in [5.74, 6) is 3.18. The van der Waals surface area contributed by atoms with E-state index in [1.807, 2.05) is 18.2 Å². The molecule has 1 saturated heterocycles. The molecule has 0 bridgehead atoms. The first-order chi connectivity index (χ1) is 11.7. The molecule has 1 aliphatic rings. The van der Waals surface area contributed by atoms with Gasteiger partial charge < -0.3 is 15.6 Å². The van der Waals surface area contributed by atoms with Gasteiger partial charge in [0.1, 0.15) is 5.82 Å². The highest BCUT2D eigenvalue weighted by atomic mass is 32.2. The second-order valence-electron chi connectivity index (χ2n) is 6.47. The first kappa shape index (κ1) is 17.1. The Labute approximate surface area is 148 Å². The molecule has 0 amide bonds. The van der Waals surface area contributed by atoms with Gasteiger partial charge in [0.25, 0.3) is 0 Å². The van der Waals surface area contributed by atoms with E-state index in [1.165, 1.54) is 18.6 Å². The van der Waals surface area contributed by atoms with Crippen molar-refractivity contribution in [1.29, 1.82) is 0 Å². The van der Waals surface area contributed by atoms with Crippen LogP contribution in [0, 0.1) is 0 Å². The minimum absolute atomic E-state index is 0.307. The quantitative estimate of drug-likeness (QED) is 0.556. The summed E-state index contributed by atoms with van der Waals surface area (Å²) in [6.07, 6.45) is 3.43. The van der Waals surface area contributed by atoms with Gasteiger partial charge in [0, 0.05) is 24.3 Å². The highest BCUT2D eigenvalue weighted by molar-refractivity contribution is 8.00. The smallest absolute Gasteiger partial charge is 0.191 e. The number of hydrogen-bond acceptors (Lipinski definition) is 3. The lowest BCUT2D eigenvalue weighted by atomic mass is 10.1. The van der Waals surface area contributed by atoms with Crippen molar-refractivity contribution >= 4 is 28.8 Å². The number of fused-ring (bicyclic) bond motifs is 1. The van der Waals surface area contributed by atoms with E-state index < -0.39 is 0 Å². The lowest BCUT2D eigenvalue weighted by Gasteiger charge is -2.21.